The standard InChI is InChI=1S/C15H17BrFN3/c16-13-5-4-12(17)8-11(13)9-19-14-2-1-3-15(14)20-7-6-18-10-20/h4-8,10,14-15,19H,1-3,9H2. The average molecular weight is 338 g/mol. The first kappa shape index (κ1) is 13.8. The molecule has 2 unspecified atom stereocenters. The van der Waals surface area contributed by atoms with Crippen molar-refractivity contribution < 1.29 is 4.39 Å². The minimum atomic E-state index is -0.192. The third-order valence-corrected chi connectivity index (χ3v) is 4.72. The van der Waals surface area contributed by atoms with Crippen LogP contribution in [0.15, 0.2) is 41.4 Å². The number of nitrogens with zero attached hydrogens (tertiary/aromatic N) is 2. The number of aromatic nitrogens is 2. The predicted molar refractivity (Wildman–Crippen MR) is 79.8 cm³/mol. The smallest absolute Gasteiger partial charge is 0.123 e. The maximum absolute atomic E-state index is 13.3. The summed E-state index contributed by atoms with van der Waals surface area (Å²) < 4.78 is 16.4. The van der Waals surface area contributed by atoms with Gasteiger partial charge in [0, 0.05) is 35.5 Å². The van der Waals surface area contributed by atoms with Crippen LogP contribution in [0.25, 0.3) is 0 Å². The Hall–Kier alpha value is -1.20. The Morgan fingerprint density at radius 2 is 2.30 bits per heavy atom. The first-order chi connectivity index (χ1) is 9.74. The molecule has 20 heavy (non-hydrogen) atoms. The Kier molecular flexibility index (Phi) is 4.17. The average Bonchev–Trinajstić information content (AvgIpc) is 3.09. The molecule has 1 N–H and O–H groups in total. The van der Waals surface area contributed by atoms with Crippen molar-refractivity contribution in [3.8, 4) is 0 Å². The van der Waals surface area contributed by atoms with Gasteiger partial charge in [-0.1, -0.05) is 15.9 Å². The summed E-state index contributed by atoms with van der Waals surface area (Å²) in [5.41, 5.74) is 0.960. The van der Waals surface area contributed by atoms with E-state index in [0.717, 1.165) is 16.5 Å². The molecule has 5 heteroatoms. The van der Waals surface area contributed by atoms with Crippen LogP contribution in [0, 0.1) is 5.82 Å². The minimum absolute atomic E-state index is 0.192. The number of halogens is 2. The molecule has 3 rings (SSSR count). The van der Waals surface area contributed by atoms with Crippen molar-refractivity contribution in [3.63, 3.8) is 0 Å². The van der Waals surface area contributed by atoms with Crippen molar-refractivity contribution in [3.05, 3.63) is 52.8 Å². The number of rotatable bonds is 4. The maximum atomic E-state index is 13.3. The molecule has 0 saturated heterocycles. The van der Waals surface area contributed by atoms with Crippen molar-refractivity contribution in [2.45, 2.75) is 37.9 Å². The number of imidazole rings is 1. The summed E-state index contributed by atoms with van der Waals surface area (Å²) in [4.78, 5) is 4.12. The van der Waals surface area contributed by atoms with Gasteiger partial charge in [0.25, 0.3) is 0 Å². The molecule has 1 aromatic carbocycles. The Morgan fingerprint density at radius 1 is 1.40 bits per heavy atom. The van der Waals surface area contributed by atoms with Crippen LogP contribution in [0.5, 0.6) is 0 Å². The number of benzene rings is 1. The van der Waals surface area contributed by atoms with E-state index in [1.54, 1.807) is 12.1 Å². The highest BCUT2D eigenvalue weighted by atomic mass is 79.9. The van der Waals surface area contributed by atoms with Gasteiger partial charge in [0.15, 0.2) is 0 Å². The van der Waals surface area contributed by atoms with Gasteiger partial charge in [-0.2, -0.15) is 0 Å². The molecule has 1 saturated carbocycles. The summed E-state index contributed by atoms with van der Waals surface area (Å²) in [6, 6.07) is 5.67. The zero-order chi connectivity index (χ0) is 13.9. The van der Waals surface area contributed by atoms with Gasteiger partial charge in [0.05, 0.1) is 6.33 Å². The van der Waals surface area contributed by atoms with Gasteiger partial charge in [0.2, 0.25) is 0 Å². The zero-order valence-electron chi connectivity index (χ0n) is 11.1. The fourth-order valence-electron chi connectivity index (χ4n) is 2.92. The number of nitrogens with one attached hydrogen (secondary N) is 1. The van der Waals surface area contributed by atoms with E-state index in [2.05, 4.69) is 30.8 Å². The summed E-state index contributed by atoms with van der Waals surface area (Å²) in [6.07, 6.45) is 9.24. The highest BCUT2D eigenvalue weighted by Gasteiger charge is 2.27. The summed E-state index contributed by atoms with van der Waals surface area (Å²) >= 11 is 3.47. The van der Waals surface area contributed by atoms with E-state index >= 15 is 0 Å². The third-order valence-electron chi connectivity index (χ3n) is 3.95. The molecular weight excluding hydrogens is 321 g/mol. The van der Waals surface area contributed by atoms with Crippen molar-refractivity contribution in [2.75, 3.05) is 0 Å². The van der Waals surface area contributed by atoms with Gasteiger partial charge in [-0.05, 0) is 43.0 Å². The van der Waals surface area contributed by atoms with Gasteiger partial charge in [0.1, 0.15) is 5.82 Å². The second-order valence-corrected chi connectivity index (χ2v) is 6.09. The maximum Gasteiger partial charge on any atom is 0.123 e. The van der Waals surface area contributed by atoms with Gasteiger partial charge in [-0.25, -0.2) is 9.37 Å². The van der Waals surface area contributed by atoms with Crippen molar-refractivity contribution in [2.24, 2.45) is 0 Å². The summed E-state index contributed by atoms with van der Waals surface area (Å²) in [6.45, 7) is 0.675. The molecule has 106 valence electrons. The van der Waals surface area contributed by atoms with Crippen LogP contribution in [0.3, 0.4) is 0 Å². The molecule has 2 aromatic rings. The molecule has 0 bridgehead atoms. The van der Waals surface area contributed by atoms with Crippen LogP contribution in [-0.2, 0) is 6.54 Å². The Bertz CT molecular complexity index is 571. The summed E-state index contributed by atoms with van der Waals surface area (Å²) in [7, 11) is 0. The largest absolute Gasteiger partial charge is 0.333 e. The van der Waals surface area contributed by atoms with Crippen molar-refractivity contribution >= 4 is 15.9 Å². The molecule has 1 aliphatic carbocycles. The second-order valence-electron chi connectivity index (χ2n) is 5.23. The van der Waals surface area contributed by atoms with Crippen LogP contribution < -0.4 is 5.32 Å². The predicted octanol–water partition coefficient (Wildman–Crippen LogP) is 3.67. The lowest BCUT2D eigenvalue weighted by Crippen LogP contribution is -2.33. The normalized spacial score (nSPS) is 22.3. The molecule has 0 amide bonds. The summed E-state index contributed by atoms with van der Waals surface area (Å²) in [5.74, 6) is -0.192. The second kappa shape index (κ2) is 6.06. The molecule has 2 atom stereocenters. The van der Waals surface area contributed by atoms with E-state index in [-0.39, 0.29) is 5.82 Å². The van der Waals surface area contributed by atoms with E-state index in [1.165, 1.54) is 18.9 Å². The topological polar surface area (TPSA) is 29.9 Å². The van der Waals surface area contributed by atoms with Gasteiger partial charge in [-0.3, -0.25) is 0 Å². The van der Waals surface area contributed by atoms with Crippen LogP contribution >= 0.6 is 15.9 Å². The lowest BCUT2D eigenvalue weighted by Gasteiger charge is -2.22. The Morgan fingerprint density at radius 3 is 3.10 bits per heavy atom. The first-order valence-corrected chi connectivity index (χ1v) is 7.68. The lowest BCUT2D eigenvalue weighted by atomic mass is 10.1. The molecule has 1 fully saturated rings. The van der Waals surface area contributed by atoms with E-state index in [4.69, 9.17) is 0 Å². The zero-order valence-corrected chi connectivity index (χ0v) is 12.7. The minimum Gasteiger partial charge on any atom is -0.333 e. The van der Waals surface area contributed by atoms with Crippen LogP contribution in [0.1, 0.15) is 30.9 Å². The summed E-state index contributed by atoms with van der Waals surface area (Å²) in [5, 5.41) is 3.56. The SMILES string of the molecule is Fc1ccc(Br)c(CNC2CCCC2n2ccnc2)c1. The van der Waals surface area contributed by atoms with E-state index in [9.17, 15) is 4.39 Å². The molecular formula is C15H17BrFN3. The molecule has 1 aliphatic rings. The lowest BCUT2D eigenvalue weighted by molar-refractivity contribution is 0.390. The number of hydrogen-bond acceptors (Lipinski definition) is 2. The van der Waals surface area contributed by atoms with Crippen molar-refractivity contribution in [1.82, 2.24) is 14.9 Å². The molecule has 3 nitrogen and oxygen atoms in total. The molecule has 0 radical (unpaired) electrons. The molecule has 1 aromatic heterocycles. The van der Waals surface area contributed by atoms with E-state index in [0.29, 0.717) is 18.6 Å². The van der Waals surface area contributed by atoms with Crippen LogP contribution in [0.2, 0.25) is 0 Å². The third kappa shape index (κ3) is 2.94. The van der Waals surface area contributed by atoms with E-state index < -0.39 is 0 Å². The molecule has 1 heterocycles. The molecule has 0 aliphatic heterocycles. The van der Waals surface area contributed by atoms with Gasteiger partial charge in [-0.15, -0.1) is 0 Å². The van der Waals surface area contributed by atoms with Crippen LogP contribution in [-0.4, -0.2) is 15.6 Å². The van der Waals surface area contributed by atoms with Crippen LogP contribution in [0.4, 0.5) is 4.39 Å². The fraction of sp³-hybridized carbons (Fsp3) is 0.400. The van der Waals surface area contributed by atoms with Gasteiger partial charge >= 0.3 is 0 Å². The fourth-order valence-corrected chi connectivity index (χ4v) is 3.31. The first-order valence-electron chi connectivity index (χ1n) is 6.89. The van der Waals surface area contributed by atoms with E-state index in [1.807, 2.05) is 18.7 Å². The van der Waals surface area contributed by atoms with Crippen molar-refractivity contribution in [1.29, 1.82) is 0 Å². The highest BCUT2D eigenvalue weighted by Crippen LogP contribution is 2.30. The number of hydrogen-bond donors (Lipinski definition) is 1. The Labute approximate surface area is 126 Å². The van der Waals surface area contributed by atoms with Gasteiger partial charge < -0.3 is 9.88 Å². The monoisotopic (exact) mass is 337 g/mol. The quantitative estimate of drug-likeness (QED) is 0.922. The molecule has 0 spiro atoms. The Balaban J connectivity index is 1.67. The highest BCUT2D eigenvalue weighted by molar-refractivity contribution is 9.10.